The number of rotatable bonds is 6. The van der Waals surface area contributed by atoms with Crippen LogP contribution in [0.25, 0.3) is 0 Å². The molecule has 0 heterocycles. The molecule has 2 amide bonds. The van der Waals surface area contributed by atoms with Gasteiger partial charge in [0.1, 0.15) is 6.04 Å². The molecule has 0 spiro atoms. The Labute approximate surface area is 105 Å². The number of carbonyl (C=O) groups is 3. The van der Waals surface area contributed by atoms with Gasteiger partial charge in [-0.1, -0.05) is 12.8 Å². The molecular formula is C11H19N3O4. The highest BCUT2D eigenvalue weighted by Crippen LogP contribution is 2.37. The van der Waals surface area contributed by atoms with Crippen molar-refractivity contribution in [3.8, 4) is 0 Å². The fourth-order valence-electron chi connectivity index (χ4n) is 2.29. The Morgan fingerprint density at radius 1 is 1.28 bits per heavy atom. The van der Waals surface area contributed by atoms with Gasteiger partial charge < -0.3 is 21.9 Å². The predicted octanol–water partition coefficient (Wildman–Crippen LogP) is -1.05. The van der Waals surface area contributed by atoms with Crippen LogP contribution in [0.15, 0.2) is 0 Å². The number of hydrogen-bond donors (Lipinski definition) is 4. The van der Waals surface area contributed by atoms with E-state index in [4.69, 9.17) is 16.6 Å². The summed E-state index contributed by atoms with van der Waals surface area (Å²) in [6, 6.07) is -1.28. The number of primary amides is 1. The summed E-state index contributed by atoms with van der Waals surface area (Å²) in [5, 5.41) is 11.3. The Morgan fingerprint density at radius 3 is 2.22 bits per heavy atom. The van der Waals surface area contributed by atoms with Gasteiger partial charge >= 0.3 is 5.97 Å². The van der Waals surface area contributed by atoms with Crippen molar-refractivity contribution in [3.63, 3.8) is 0 Å². The fraction of sp³-hybridized carbons (Fsp3) is 0.727. The third-order valence-corrected chi connectivity index (χ3v) is 3.44. The van der Waals surface area contributed by atoms with Gasteiger partial charge in [-0.05, 0) is 12.8 Å². The molecule has 1 aliphatic rings. The first-order valence-corrected chi connectivity index (χ1v) is 5.93. The van der Waals surface area contributed by atoms with Crippen LogP contribution in [0.2, 0.25) is 0 Å². The van der Waals surface area contributed by atoms with E-state index in [9.17, 15) is 14.4 Å². The number of carbonyl (C=O) groups excluding carboxylic acids is 2. The summed E-state index contributed by atoms with van der Waals surface area (Å²) >= 11 is 0. The van der Waals surface area contributed by atoms with Gasteiger partial charge in [0.25, 0.3) is 0 Å². The molecule has 1 atom stereocenters. The van der Waals surface area contributed by atoms with Crippen molar-refractivity contribution in [2.75, 3.05) is 6.54 Å². The lowest BCUT2D eigenvalue weighted by Gasteiger charge is -2.27. The normalized spacial score (nSPS) is 19.2. The number of aliphatic carboxylic acids is 1. The highest BCUT2D eigenvalue weighted by atomic mass is 16.4. The topological polar surface area (TPSA) is 136 Å². The van der Waals surface area contributed by atoms with Crippen molar-refractivity contribution in [1.82, 2.24) is 5.32 Å². The first-order valence-electron chi connectivity index (χ1n) is 5.93. The average Bonchev–Trinajstić information content (AvgIpc) is 2.77. The summed E-state index contributed by atoms with van der Waals surface area (Å²) < 4.78 is 0. The summed E-state index contributed by atoms with van der Waals surface area (Å²) in [6.07, 6.45) is 2.69. The molecule has 7 nitrogen and oxygen atoms in total. The van der Waals surface area contributed by atoms with Gasteiger partial charge in [0.2, 0.25) is 11.8 Å². The number of nitrogens with one attached hydrogen (secondary N) is 1. The van der Waals surface area contributed by atoms with E-state index >= 15 is 0 Å². The van der Waals surface area contributed by atoms with Gasteiger partial charge in [-0.3, -0.25) is 9.59 Å². The first kappa shape index (κ1) is 14.4. The predicted molar refractivity (Wildman–Crippen MR) is 63.3 cm³/mol. The third-order valence-electron chi connectivity index (χ3n) is 3.44. The summed E-state index contributed by atoms with van der Waals surface area (Å²) in [5.41, 5.74) is 9.88. The van der Waals surface area contributed by atoms with Gasteiger partial charge in [-0.25, -0.2) is 4.79 Å². The second kappa shape index (κ2) is 5.81. The summed E-state index contributed by atoms with van der Waals surface area (Å²) in [4.78, 5) is 33.8. The van der Waals surface area contributed by atoms with Gasteiger partial charge in [0.05, 0.1) is 11.8 Å². The first-order chi connectivity index (χ1) is 8.41. The number of carboxylic acid groups (broad SMARTS) is 1. The van der Waals surface area contributed by atoms with E-state index in [0.717, 1.165) is 12.8 Å². The summed E-state index contributed by atoms with van der Waals surface area (Å²) in [5.74, 6) is -2.43. The van der Waals surface area contributed by atoms with Crippen LogP contribution in [0.1, 0.15) is 32.1 Å². The molecule has 0 aromatic heterocycles. The fourth-order valence-corrected chi connectivity index (χ4v) is 2.29. The highest BCUT2D eigenvalue weighted by Gasteiger charge is 2.41. The van der Waals surface area contributed by atoms with E-state index in [1.165, 1.54) is 0 Å². The lowest BCUT2D eigenvalue weighted by atomic mass is 9.85. The molecule has 0 aromatic rings. The lowest BCUT2D eigenvalue weighted by Crippen LogP contribution is -2.51. The minimum atomic E-state index is -1.28. The lowest BCUT2D eigenvalue weighted by molar-refractivity contribution is -0.145. The number of amides is 2. The number of carboxylic acids is 1. The molecule has 0 aromatic carbocycles. The molecule has 0 radical (unpaired) electrons. The van der Waals surface area contributed by atoms with E-state index in [-0.39, 0.29) is 6.54 Å². The van der Waals surface area contributed by atoms with Crippen LogP contribution in [0, 0.1) is 5.41 Å². The molecule has 7 heteroatoms. The number of nitrogens with two attached hydrogens (primary N) is 2. The minimum absolute atomic E-state index is 0.182. The maximum atomic E-state index is 12.1. The molecule has 102 valence electrons. The number of hydrogen-bond acceptors (Lipinski definition) is 4. The van der Waals surface area contributed by atoms with E-state index in [0.29, 0.717) is 12.8 Å². The highest BCUT2D eigenvalue weighted by molar-refractivity contribution is 5.90. The van der Waals surface area contributed by atoms with Crippen molar-refractivity contribution in [2.45, 2.75) is 38.1 Å². The van der Waals surface area contributed by atoms with Gasteiger partial charge in [0.15, 0.2) is 0 Å². The Kier molecular flexibility index (Phi) is 4.66. The van der Waals surface area contributed by atoms with Crippen molar-refractivity contribution in [3.05, 3.63) is 0 Å². The standard InChI is InChI=1S/C11H19N3O4/c12-6-11(3-1-2-4-11)10(18)14-7(9(16)17)5-8(13)15/h7H,1-6,12H2,(H2,13,15)(H,14,18)(H,16,17)/t7-/m0/s1. The molecule has 1 rings (SSSR count). The second-order valence-electron chi connectivity index (χ2n) is 4.73. The van der Waals surface area contributed by atoms with Crippen molar-refractivity contribution < 1.29 is 19.5 Å². The van der Waals surface area contributed by atoms with Gasteiger partial charge in [-0.2, -0.15) is 0 Å². The maximum Gasteiger partial charge on any atom is 0.326 e. The zero-order valence-corrected chi connectivity index (χ0v) is 10.1. The van der Waals surface area contributed by atoms with E-state index in [1.54, 1.807) is 0 Å². The van der Waals surface area contributed by atoms with Crippen LogP contribution in [-0.4, -0.2) is 35.5 Å². The molecule has 1 aliphatic carbocycles. The maximum absolute atomic E-state index is 12.1. The minimum Gasteiger partial charge on any atom is -0.480 e. The third kappa shape index (κ3) is 3.19. The molecular weight excluding hydrogens is 238 g/mol. The van der Waals surface area contributed by atoms with Crippen LogP contribution < -0.4 is 16.8 Å². The van der Waals surface area contributed by atoms with Crippen molar-refractivity contribution >= 4 is 17.8 Å². The van der Waals surface area contributed by atoms with E-state index < -0.39 is 35.7 Å². The smallest absolute Gasteiger partial charge is 0.326 e. The Bertz CT molecular complexity index is 350. The van der Waals surface area contributed by atoms with Crippen molar-refractivity contribution in [1.29, 1.82) is 0 Å². The molecule has 1 saturated carbocycles. The summed E-state index contributed by atoms with van der Waals surface area (Å²) in [7, 11) is 0. The van der Waals surface area contributed by atoms with E-state index in [1.807, 2.05) is 0 Å². The SMILES string of the molecule is NCC1(C(=O)N[C@@H](CC(N)=O)C(=O)O)CCCC1. The monoisotopic (exact) mass is 257 g/mol. The molecule has 0 unspecified atom stereocenters. The van der Waals surface area contributed by atoms with Crippen LogP contribution in [0.3, 0.4) is 0 Å². The van der Waals surface area contributed by atoms with Gasteiger partial charge in [-0.15, -0.1) is 0 Å². The molecule has 6 N–H and O–H groups in total. The van der Waals surface area contributed by atoms with Crippen molar-refractivity contribution in [2.24, 2.45) is 16.9 Å². The van der Waals surface area contributed by atoms with E-state index in [2.05, 4.69) is 5.32 Å². The zero-order valence-electron chi connectivity index (χ0n) is 10.1. The summed E-state index contributed by atoms with van der Waals surface area (Å²) in [6.45, 7) is 0.182. The average molecular weight is 257 g/mol. The van der Waals surface area contributed by atoms with Crippen LogP contribution in [-0.2, 0) is 14.4 Å². The molecule has 0 aliphatic heterocycles. The van der Waals surface area contributed by atoms with Gasteiger partial charge in [0, 0.05) is 6.54 Å². The Hall–Kier alpha value is -1.63. The molecule has 18 heavy (non-hydrogen) atoms. The molecule has 0 bridgehead atoms. The zero-order chi connectivity index (χ0) is 13.8. The Balaban J connectivity index is 2.71. The largest absolute Gasteiger partial charge is 0.480 e. The quantitative estimate of drug-likeness (QED) is 0.481. The Morgan fingerprint density at radius 2 is 1.83 bits per heavy atom. The van der Waals surface area contributed by atoms with Crippen LogP contribution >= 0.6 is 0 Å². The second-order valence-corrected chi connectivity index (χ2v) is 4.73. The molecule has 0 saturated heterocycles. The van der Waals surface area contributed by atoms with Crippen LogP contribution in [0.4, 0.5) is 0 Å². The van der Waals surface area contributed by atoms with Crippen LogP contribution in [0.5, 0.6) is 0 Å². The molecule has 1 fully saturated rings.